The molecule has 0 spiro atoms. The van der Waals surface area contributed by atoms with Crippen LogP contribution >= 0.6 is 0 Å². The average Bonchev–Trinajstić information content (AvgIpc) is 2.66. The van der Waals surface area contributed by atoms with E-state index in [-0.39, 0.29) is 12.2 Å². The molecule has 1 amide bonds. The van der Waals surface area contributed by atoms with E-state index in [0.29, 0.717) is 16.7 Å². The van der Waals surface area contributed by atoms with Gasteiger partial charge in [-0.15, -0.1) is 0 Å². The molecule has 0 aliphatic carbocycles. The van der Waals surface area contributed by atoms with Gasteiger partial charge in [-0.05, 0) is 5.56 Å². The van der Waals surface area contributed by atoms with Crippen molar-refractivity contribution in [2.45, 2.75) is 19.4 Å². The Morgan fingerprint density at radius 1 is 0.963 bits per heavy atom. The first-order valence-corrected chi connectivity index (χ1v) is 8.21. The van der Waals surface area contributed by atoms with Gasteiger partial charge in [-0.25, -0.2) is 4.79 Å². The normalized spacial score (nSPS) is 11.3. The van der Waals surface area contributed by atoms with Crippen LogP contribution in [-0.4, -0.2) is 41.4 Å². The van der Waals surface area contributed by atoms with Gasteiger partial charge in [0.15, 0.2) is 12.4 Å². The van der Waals surface area contributed by atoms with Gasteiger partial charge in [-0.2, -0.15) is 0 Å². The highest BCUT2D eigenvalue weighted by atomic mass is 16.5. The molecule has 0 fully saturated rings. The summed E-state index contributed by atoms with van der Waals surface area (Å²) < 4.78 is 4.54. The second-order valence-corrected chi connectivity index (χ2v) is 5.83. The van der Waals surface area contributed by atoms with Crippen LogP contribution in [0.25, 0.3) is 0 Å². The summed E-state index contributed by atoms with van der Waals surface area (Å²) in [6, 6.07) is 14.1. The Labute approximate surface area is 156 Å². The molecule has 7 heteroatoms. The maximum absolute atomic E-state index is 12.4. The number of nitrogens with one attached hydrogen (secondary N) is 1. The molecule has 2 aromatic rings. The van der Waals surface area contributed by atoms with Crippen LogP contribution in [0, 0.1) is 0 Å². The van der Waals surface area contributed by atoms with Gasteiger partial charge < -0.3 is 15.2 Å². The zero-order valence-corrected chi connectivity index (χ0v) is 14.7. The number of ketones is 1. The first kappa shape index (κ1) is 19.8. The minimum atomic E-state index is -1.21. The number of aliphatic carboxylic acids is 1. The number of carboxylic acids is 1. The zero-order valence-electron chi connectivity index (χ0n) is 14.7. The minimum Gasteiger partial charge on any atom is -0.480 e. The fraction of sp³-hybridized carbons (Fsp3) is 0.200. The number of carbonyl (C=O) groups is 4. The lowest BCUT2D eigenvalue weighted by molar-refractivity contribution is -0.148. The van der Waals surface area contributed by atoms with Gasteiger partial charge in [0, 0.05) is 24.5 Å². The van der Waals surface area contributed by atoms with Crippen molar-refractivity contribution >= 4 is 23.6 Å². The molecule has 0 heterocycles. The van der Waals surface area contributed by atoms with Crippen molar-refractivity contribution in [3.8, 4) is 0 Å². The number of hydrogen-bond acceptors (Lipinski definition) is 5. The highest BCUT2D eigenvalue weighted by Crippen LogP contribution is 2.12. The van der Waals surface area contributed by atoms with Crippen LogP contribution in [-0.2, 0) is 25.5 Å². The van der Waals surface area contributed by atoms with Crippen LogP contribution in [0.4, 0.5) is 0 Å². The Kier molecular flexibility index (Phi) is 6.82. The zero-order chi connectivity index (χ0) is 19.8. The number of carbonyl (C=O) groups excluding carboxylic acids is 3. The van der Waals surface area contributed by atoms with E-state index in [1.807, 2.05) is 6.07 Å². The third kappa shape index (κ3) is 6.07. The molecule has 0 saturated heterocycles. The summed E-state index contributed by atoms with van der Waals surface area (Å²) in [5.74, 6) is -2.67. The Hall–Kier alpha value is -3.48. The van der Waals surface area contributed by atoms with Crippen molar-refractivity contribution in [3.63, 3.8) is 0 Å². The molecule has 0 unspecified atom stereocenters. The number of esters is 1. The first-order chi connectivity index (χ1) is 12.9. The summed E-state index contributed by atoms with van der Waals surface area (Å²) in [7, 11) is 0. The smallest absolute Gasteiger partial charge is 0.326 e. The molecular weight excluding hydrogens is 350 g/mol. The predicted molar refractivity (Wildman–Crippen MR) is 96.2 cm³/mol. The van der Waals surface area contributed by atoms with Crippen LogP contribution in [0.2, 0.25) is 0 Å². The molecule has 2 rings (SSSR count). The third-order valence-corrected chi connectivity index (χ3v) is 3.73. The minimum absolute atomic E-state index is 0.0287. The number of hydrogen-bond donors (Lipinski definition) is 2. The van der Waals surface area contributed by atoms with Crippen molar-refractivity contribution in [3.05, 3.63) is 71.3 Å². The summed E-state index contributed by atoms with van der Waals surface area (Å²) >= 11 is 0. The Balaban J connectivity index is 2.02. The van der Waals surface area contributed by atoms with Crippen LogP contribution in [0.3, 0.4) is 0 Å². The molecule has 0 aromatic heterocycles. The lowest BCUT2D eigenvalue weighted by Gasteiger charge is -2.14. The lowest BCUT2D eigenvalue weighted by Crippen LogP contribution is -2.44. The van der Waals surface area contributed by atoms with Crippen molar-refractivity contribution in [2.75, 3.05) is 6.61 Å². The van der Waals surface area contributed by atoms with Crippen LogP contribution in [0.5, 0.6) is 0 Å². The van der Waals surface area contributed by atoms with Gasteiger partial charge in [0.1, 0.15) is 6.04 Å². The average molecular weight is 369 g/mol. The van der Waals surface area contributed by atoms with Crippen molar-refractivity contribution in [1.82, 2.24) is 5.32 Å². The lowest BCUT2D eigenvalue weighted by atomic mass is 9.99. The van der Waals surface area contributed by atoms with Gasteiger partial charge in [0.2, 0.25) is 0 Å². The van der Waals surface area contributed by atoms with Crippen LogP contribution in [0.1, 0.15) is 28.4 Å². The van der Waals surface area contributed by atoms with E-state index in [4.69, 9.17) is 0 Å². The van der Waals surface area contributed by atoms with Gasteiger partial charge in [0.25, 0.3) is 5.91 Å². The monoisotopic (exact) mass is 369 g/mol. The summed E-state index contributed by atoms with van der Waals surface area (Å²) in [6.45, 7) is 0.615. The van der Waals surface area contributed by atoms with Crippen LogP contribution < -0.4 is 5.32 Å². The van der Waals surface area contributed by atoms with E-state index in [1.165, 1.54) is 0 Å². The second kappa shape index (κ2) is 9.28. The maximum atomic E-state index is 12.4. The largest absolute Gasteiger partial charge is 0.480 e. The molecule has 2 N–H and O–H groups in total. The van der Waals surface area contributed by atoms with Gasteiger partial charge in [0.05, 0.1) is 0 Å². The van der Waals surface area contributed by atoms with E-state index >= 15 is 0 Å². The molecule has 0 saturated carbocycles. The quantitative estimate of drug-likeness (QED) is 0.540. The molecule has 0 aliphatic heterocycles. The SMILES string of the molecule is CC(=O)OCC(=O)N[C@H](Cc1ccc(C(=O)c2ccccc2)cc1)C(=O)O. The van der Waals surface area contributed by atoms with Crippen molar-refractivity contribution in [2.24, 2.45) is 0 Å². The Morgan fingerprint density at radius 3 is 2.11 bits per heavy atom. The molecule has 140 valence electrons. The summed E-state index contributed by atoms with van der Waals surface area (Å²) in [5, 5.41) is 11.6. The van der Waals surface area contributed by atoms with E-state index < -0.39 is 30.5 Å². The summed E-state index contributed by atoms with van der Waals surface area (Å²) in [6.07, 6.45) is 0.0287. The summed E-state index contributed by atoms with van der Waals surface area (Å²) in [5.41, 5.74) is 1.68. The van der Waals surface area contributed by atoms with E-state index in [0.717, 1.165) is 6.92 Å². The molecule has 0 bridgehead atoms. The highest BCUT2D eigenvalue weighted by Gasteiger charge is 2.21. The van der Waals surface area contributed by atoms with Crippen molar-refractivity contribution in [1.29, 1.82) is 0 Å². The molecule has 0 aliphatic rings. The predicted octanol–water partition coefficient (Wildman–Crippen LogP) is 1.59. The topological polar surface area (TPSA) is 110 Å². The molecule has 1 atom stereocenters. The highest BCUT2D eigenvalue weighted by molar-refractivity contribution is 6.08. The van der Waals surface area contributed by atoms with Crippen molar-refractivity contribution < 1.29 is 29.0 Å². The maximum Gasteiger partial charge on any atom is 0.326 e. The molecule has 2 aromatic carbocycles. The fourth-order valence-corrected chi connectivity index (χ4v) is 2.39. The van der Waals surface area contributed by atoms with Gasteiger partial charge in [-0.1, -0.05) is 54.6 Å². The fourth-order valence-electron chi connectivity index (χ4n) is 2.39. The molecule has 0 radical (unpaired) electrons. The van der Waals surface area contributed by atoms with Crippen LogP contribution in [0.15, 0.2) is 54.6 Å². The number of carboxylic acid groups (broad SMARTS) is 1. The number of ether oxygens (including phenoxy) is 1. The molecule has 7 nitrogen and oxygen atoms in total. The van der Waals surface area contributed by atoms with Gasteiger partial charge >= 0.3 is 11.9 Å². The van der Waals surface area contributed by atoms with E-state index in [2.05, 4.69) is 10.1 Å². The van der Waals surface area contributed by atoms with E-state index in [9.17, 15) is 24.3 Å². The Morgan fingerprint density at radius 2 is 1.56 bits per heavy atom. The number of rotatable bonds is 8. The summed E-state index contributed by atoms with van der Waals surface area (Å²) in [4.78, 5) is 46.1. The molecule has 27 heavy (non-hydrogen) atoms. The molecular formula is C20H19NO6. The third-order valence-electron chi connectivity index (χ3n) is 3.73. The van der Waals surface area contributed by atoms with E-state index in [1.54, 1.807) is 48.5 Å². The number of amides is 1. The Bertz CT molecular complexity index is 829. The standard InChI is InChI=1S/C20H19NO6/c1-13(22)27-12-18(23)21-17(20(25)26)11-14-7-9-16(10-8-14)19(24)15-5-3-2-4-6-15/h2-10,17H,11-12H2,1H3,(H,21,23)(H,25,26)/t17-/m1/s1. The first-order valence-electron chi connectivity index (χ1n) is 8.21. The number of benzene rings is 2. The second-order valence-electron chi connectivity index (χ2n) is 5.83. The van der Waals surface area contributed by atoms with Gasteiger partial charge in [-0.3, -0.25) is 14.4 Å².